The number of hydrogen-bond donors (Lipinski definition) is 2. The highest BCUT2D eigenvalue weighted by Crippen LogP contribution is 2.34. The van der Waals surface area contributed by atoms with Gasteiger partial charge in [0.25, 0.3) is 0 Å². The van der Waals surface area contributed by atoms with E-state index in [2.05, 4.69) is 5.48 Å². The lowest BCUT2D eigenvalue weighted by atomic mass is 9.97. The first-order chi connectivity index (χ1) is 6.79. The Bertz CT molecular complexity index is 316. The molecular formula is C11H14FNO. The van der Waals surface area contributed by atoms with Gasteiger partial charge in [-0.25, -0.2) is 9.87 Å². The van der Waals surface area contributed by atoms with Crippen LogP contribution in [0.25, 0.3) is 0 Å². The van der Waals surface area contributed by atoms with E-state index in [1.165, 1.54) is 6.07 Å². The van der Waals surface area contributed by atoms with E-state index < -0.39 is 0 Å². The third kappa shape index (κ3) is 1.94. The fraction of sp³-hybridized carbons (Fsp3) is 0.455. The third-order valence-electron chi connectivity index (χ3n) is 2.94. The molecule has 0 aliphatic heterocycles. The zero-order valence-electron chi connectivity index (χ0n) is 7.91. The summed E-state index contributed by atoms with van der Waals surface area (Å²) in [6.45, 7) is 0. The maximum Gasteiger partial charge on any atom is 0.123 e. The SMILES string of the molecule is ONC1CCC(c2cccc(F)c2)C1. The number of hydroxylamine groups is 1. The average molecular weight is 195 g/mol. The zero-order chi connectivity index (χ0) is 9.97. The minimum atomic E-state index is -0.178. The summed E-state index contributed by atoms with van der Waals surface area (Å²) in [5.41, 5.74) is 3.33. The Labute approximate surface area is 82.7 Å². The summed E-state index contributed by atoms with van der Waals surface area (Å²) in [4.78, 5) is 0. The molecule has 2 atom stereocenters. The van der Waals surface area contributed by atoms with Gasteiger partial charge in [0.1, 0.15) is 5.82 Å². The molecule has 1 fully saturated rings. The van der Waals surface area contributed by atoms with Crippen LogP contribution in [-0.4, -0.2) is 11.2 Å². The summed E-state index contributed by atoms with van der Waals surface area (Å²) in [5, 5.41) is 8.76. The van der Waals surface area contributed by atoms with E-state index in [1.807, 2.05) is 6.07 Å². The van der Waals surface area contributed by atoms with E-state index in [9.17, 15) is 4.39 Å². The average Bonchev–Trinajstić information content (AvgIpc) is 2.66. The van der Waals surface area contributed by atoms with Crippen LogP contribution >= 0.6 is 0 Å². The Kier molecular flexibility index (Phi) is 2.79. The number of hydrogen-bond acceptors (Lipinski definition) is 2. The van der Waals surface area contributed by atoms with Crippen LogP contribution in [0.15, 0.2) is 24.3 Å². The van der Waals surface area contributed by atoms with Crippen molar-refractivity contribution in [1.29, 1.82) is 0 Å². The van der Waals surface area contributed by atoms with Crippen molar-refractivity contribution in [2.45, 2.75) is 31.2 Å². The molecule has 1 aliphatic rings. The Morgan fingerprint density at radius 3 is 2.86 bits per heavy atom. The van der Waals surface area contributed by atoms with Crippen LogP contribution in [0.2, 0.25) is 0 Å². The Hall–Kier alpha value is -0.930. The van der Waals surface area contributed by atoms with Crippen molar-refractivity contribution < 1.29 is 9.60 Å². The quantitative estimate of drug-likeness (QED) is 0.710. The molecule has 1 aliphatic carbocycles. The summed E-state index contributed by atoms with van der Waals surface area (Å²) in [6.07, 6.45) is 2.86. The molecule has 0 heterocycles. The third-order valence-corrected chi connectivity index (χ3v) is 2.94. The van der Waals surface area contributed by atoms with Crippen molar-refractivity contribution in [3.8, 4) is 0 Å². The molecule has 0 saturated heterocycles. The topological polar surface area (TPSA) is 32.3 Å². The lowest BCUT2D eigenvalue weighted by Gasteiger charge is -2.10. The monoisotopic (exact) mass is 195 g/mol. The highest BCUT2D eigenvalue weighted by Gasteiger charge is 2.25. The Morgan fingerprint density at radius 2 is 2.21 bits per heavy atom. The predicted molar refractivity (Wildman–Crippen MR) is 51.7 cm³/mol. The molecule has 1 saturated carbocycles. The minimum Gasteiger partial charge on any atom is -0.317 e. The van der Waals surface area contributed by atoms with Crippen LogP contribution in [0.5, 0.6) is 0 Å². The van der Waals surface area contributed by atoms with E-state index in [-0.39, 0.29) is 11.9 Å². The van der Waals surface area contributed by atoms with Gasteiger partial charge < -0.3 is 5.21 Å². The molecule has 2 unspecified atom stereocenters. The second kappa shape index (κ2) is 4.07. The first kappa shape index (κ1) is 9.62. The highest BCUT2D eigenvalue weighted by atomic mass is 19.1. The molecule has 14 heavy (non-hydrogen) atoms. The molecule has 2 nitrogen and oxygen atoms in total. The van der Waals surface area contributed by atoms with E-state index in [0.717, 1.165) is 24.8 Å². The van der Waals surface area contributed by atoms with Gasteiger partial charge in [-0.15, -0.1) is 0 Å². The lowest BCUT2D eigenvalue weighted by molar-refractivity contribution is 0.127. The number of benzene rings is 1. The molecule has 76 valence electrons. The van der Waals surface area contributed by atoms with E-state index in [1.54, 1.807) is 12.1 Å². The van der Waals surface area contributed by atoms with Crippen LogP contribution < -0.4 is 5.48 Å². The summed E-state index contributed by atoms with van der Waals surface area (Å²) in [7, 11) is 0. The molecule has 0 aromatic heterocycles. The van der Waals surface area contributed by atoms with Gasteiger partial charge in [-0.3, -0.25) is 0 Å². The normalized spacial score (nSPS) is 26.7. The standard InChI is InChI=1S/C11H14FNO/c12-10-3-1-2-8(6-10)9-4-5-11(7-9)13-14/h1-3,6,9,11,13-14H,4-5,7H2. The van der Waals surface area contributed by atoms with E-state index in [4.69, 9.17) is 5.21 Å². The number of nitrogens with one attached hydrogen (secondary N) is 1. The van der Waals surface area contributed by atoms with Crippen LogP contribution in [0.1, 0.15) is 30.7 Å². The number of rotatable bonds is 2. The van der Waals surface area contributed by atoms with Gasteiger partial charge in [0, 0.05) is 6.04 Å². The molecule has 0 spiro atoms. The van der Waals surface area contributed by atoms with Crippen molar-refractivity contribution >= 4 is 0 Å². The molecule has 0 bridgehead atoms. The van der Waals surface area contributed by atoms with Crippen molar-refractivity contribution in [1.82, 2.24) is 5.48 Å². The predicted octanol–water partition coefficient (Wildman–Crippen LogP) is 2.44. The van der Waals surface area contributed by atoms with Gasteiger partial charge in [-0.05, 0) is 42.9 Å². The van der Waals surface area contributed by atoms with Crippen LogP contribution in [0.3, 0.4) is 0 Å². The summed E-state index contributed by atoms with van der Waals surface area (Å²) in [6, 6.07) is 6.91. The molecular weight excluding hydrogens is 181 g/mol. The molecule has 0 radical (unpaired) electrons. The van der Waals surface area contributed by atoms with Crippen molar-refractivity contribution in [3.05, 3.63) is 35.6 Å². The van der Waals surface area contributed by atoms with Gasteiger partial charge in [0.2, 0.25) is 0 Å². The molecule has 2 rings (SSSR count). The molecule has 3 heteroatoms. The largest absolute Gasteiger partial charge is 0.317 e. The summed E-state index contributed by atoms with van der Waals surface area (Å²) in [5.74, 6) is 0.207. The van der Waals surface area contributed by atoms with E-state index in [0.29, 0.717) is 5.92 Å². The van der Waals surface area contributed by atoms with Crippen LogP contribution in [-0.2, 0) is 0 Å². The second-order valence-electron chi connectivity index (χ2n) is 3.89. The maximum absolute atomic E-state index is 12.9. The van der Waals surface area contributed by atoms with Crippen LogP contribution in [0.4, 0.5) is 4.39 Å². The fourth-order valence-corrected chi connectivity index (χ4v) is 2.16. The number of halogens is 1. The van der Waals surface area contributed by atoms with Crippen molar-refractivity contribution in [3.63, 3.8) is 0 Å². The second-order valence-corrected chi connectivity index (χ2v) is 3.89. The first-order valence-corrected chi connectivity index (χ1v) is 4.94. The van der Waals surface area contributed by atoms with Gasteiger partial charge in [0.15, 0.2) is 0 Å². The lowest BCUT2D eigenvalue weighted by Crippen LogP contribution is -2.21. The van der Waals surface area contributed by atoms with Gasteiger partial charge >= 0.3 is 0 Å². The zero-order valence-corrected chi connectivity index (χ0v) is 7.91. The van der Waals surface area contributed by atoms with Gasteiger partial charge in [0.05, 0.1) is 0 Å². The fourth-order valence-electron chi connectivity index (χ4n) is 2.16. The van der Waals surface area contributed by atoms with Gasteiger partial charge in [-0.2, -0.15) is 0 Å². The smallest absolute Gasteiger partial charge is 0.123 e. The molecule has 2 N–H and O–H groups in total. The van der Waals surface area contributed by atoms with Crippen molar-refractivity contribution in [2.24, 2.45) is 0 Å². The minimum absolute atomic E-state index is 0.170. The maximum atomic E-state index is 12.9. The Morgan fingerprint density at radius 1 is 1.36 bits per heavy atom. The molecule has 1 aromatic carbocycles. The van der Waals surface area contributed by atoms with E-state index >= 15 is 0 Å². The molecule has 1 aromatic rings. The first-order valence-electron chi connectivity index (χ1n) is 4.94. The van der Waals surface area contributed by atoms with Crippen LogP contribution in [0, 0.1) is 5.82 Å². The molecule has 0 amide bonds. The van der Waals surface area contributed by atoms with Gasteiger partial charge in [-0.1, -0.05) is 12.1 Å². The van der Waals surface area contributed by atoms with Crippen molar-refractivity contribution in [2.75, 3.05) is 0 Å². The Balaban J connectivity index is 2.09. The summed E-state index contributed by atoms with van der Waals surface area (Å²) >= 11 is 0. The highest BCUT2D eigenvalue weighted by molar-refractivity contribution is 5.22. The summed E-state index contributed by atoms with van der Waals surface area (Å²) < 4.78 is 12.9.